The van der Waals surface area contributed by atoms with E-state index >= 15 is 0 Å². The molecule has 10 atom stereocenters. The van der Waals surface area contributed by atoms with Crippen molar-refractivity contribution < 1.29 is 34.6 Å². The number of rotatable bonds is 6. The lowest BCUT2D eigenvalue weighted by Gasteiger charge is -2.60. The van der Waals surface area contributed by atoms with Crippen LogP contribution in [-0.2, 0) is 27.8 Å². The van der Waals surface area contributed by atoms with E-state index in [-0.39, 0.29) is 13.0 Å². The fourth-order valence-electron chi connectivity index (χ4n) is 5.31. The lowest BCUT2D eigenvalue weighted by molar-refractivity contribution is -0.482. The fraction of sp³-hybridized carbons (Fsp3) is 0.810. The van der Waals surface area contributed by atoms with Crippen LogP contribution in [0, 0.1) is 0 Å². The molecule has 0 amide bonds. The number of likely N-dealkylation sites (N-methyl/N-ethyl adjacent to an activating group) is 2. The van der Waals surface area contributed by atoms with Crippen LogP contribution in [0.4, 0.5) is 0 Å². The molecule has 4 rings (SSSR count). The van der Waals surface area contributed by atoms with Crippen LogP contribution in [0.5, 0.6) is 0 Å². The van der Waals surface area contributed by atoms with Gasteiger partial charge in [0.1, 0.15) is 23.9 Å². The maximum absolute atomic E-state index is 11.6. The standard InChI is InChI=1S/C21H36N4O7/c1-11-8-20(28,10-24-9-12-6-5-7-25(12)4)21(29)19(30-11)31-18-16(27)13(22-2)15(26)14(23-3)17(18)32-21/h5-7,11,13-19,22-24,26-29H,8-10H2,1-4H3. The SMILES string of the molecule is CNC1C(O)C(NC)C2OC3(O)C(OC(C)CC3(O)CNCc3cccn3C)OC2C1O. The molecule has 10 unspecified atom stereocenters. The quantitative estimate of drug-likeness (QED) is 0.242. The molecule has 1 saturated carbocycles. The van der Waals surface area contributed by atoms with Crippen molar-refractivity contribution in [1.82, 2.24) is 20.5 Å². The van der Waals surface area contributed by atoms with Crippen molar-refractivity contribution in [2.45, 2.75) is 80.2 Å². The Morgan fingerprint density at radius 3 is 2.44 bits per heavy atom. The Balaban J connectivity index is 1.58. The molecule has 0 radical (unpaired) electrons. The molecular weight excluding hydrogens is 420 g/mol. The topological polar surface area (TPSA) is 150 Å². The molecule has 1 aliphatic carbocycles. The Bertz CT molecular complexity index is 796. The van der Waals surface area contributed by atoms with E-state index in [1.165, 1.54) is 0 Å². The lowest BCUT2D eigenvalue weighted by atomic mass is 9.77. The molecule has 0 bridgehead atoms. The van der Waals surface area contributed by atoms with Crippen LogP contribution in [0.3, 0.4) is 0 Å². The number of aryl methyl sites for hydroxylation is 1. The lowest BCUT2D eigenvalue weighted by Crippen LogP contribution is -2.81. The highest BCUT2D eigenvalue weighted by atomic mass is 16.8. The van der Waals surface area contributed by atoms with Gasteiger partial charge in [0.2, 0.25) is 12.1 Å². The van der Waals surface area contributed by atoms with Crippen LogP contribution in [0.15, 0.2) is 18.3 Å². The van der Waals surface area contributed by atoms with Gasteiger partial charge in [0.15, 0.2) is 0 Å². The van der Waals surface area contributed by atoms with Gasteiger partial charge in [-0.2, -0.15) is 0 Å². The predicted octanol–water partition coefficient (Wildman–Crippen LogP) is -2.64. The molecule has 32 heavy (non-hydrogen) atoms. The van der Waals surface area contributed by atoms with Crippen molar-refractivity contribution in [3.63, 3.8) is 0 Å². The first kappa shape index (κ1) is 24.0. The summed E-state index contributed by atoms with van der Waals surface area (Å²) in [6.07, 6.45) is -3.63. The number of aliphatic hydroxyl groups excluding tert-OH is 2. The third kappa shape index (κ3) is 3.80. The average Bonchev–Trinajstić information content (AvgIpc) is 3.14. The van der Waals surface area contributed by atoms with Crippen LogP contribution in [0.2, 0.25) is 0 Å². The molecular formula is C21H36N4O7. The molecule has 1 aromatic heterocycles. The van der Waals surface area contributed by atoms with Gasteiger partial charge in [-0.1, -0.05) is 0 Å². The Morgan fingerprint density at radius 1 is 1.09 bits per heavy atom. The van der Waals surface area contributed by atoms with Gasteiger partial charge in [-0.05, 0) is 33.2 Å². The van der Waals surface area contributed by atoms with E-state index in [1.54, 1.807) is 21.0 Å². The van der Waals surface area contributed by atoms with Crippen LogP contribution >= 0.6 is 0 Å². The van der Waals surface area contributed by atoms with E-state index in [9.17, 15) is 20.4 Å². The van der Waals surface area contributed by atoms with E-state index < -0.39 is 60.3 Å². The molecule has 3 heterocycles. The molecule has 7 N–H and O–H groups in total. The van der Waals surface area contributed by atoms with Crippen LogP contribution in [0.1, 0.15) is 19.0 Å². The summed E-state index contributed by atoms with van der Waals surface area (Å²) in [5.74, 6) is -2.21. The normalized spacial score (nSPS) is 46.5. The largest absolute Gasteiger partial charge is 0.390 e. The Kier molecular flexibility index (Phi) is 6.69. The van der Waals surface area contributed by atoms with Gasteiger partial charge in [0.25, 0.3) is 0 Å². The van der Waals surface area contributed by atoms with Crippen molar-refractivity contribution in [3.8, 4) is 0 Å². The second-order valence-corrected chi connectivity index (χ2v) is 9.22. The summed E-state index contributed by atoms with van der Waals surface area (Å²) < 4.78 is 19.9. The number of nitrogens with zero attached hydrogens (tertiary/aromatic N) is 1. The highest BCUT2D eigenvalue weighted by Gasteiger charge is 2.68. The first-order chi connectivity index (χ1) is 15.1. The number of aliphatic hydroxyl groups is 4. The van der Waals surface area contributed by atoms with Gasteiger partial charge in [-0.3, -0.25) is 0 Å². The summed E-state index contributed by atoms with van der Waals surface area (Å²) in [6, 6.07) is 2.56. The zero-order valence-electron chi connectivity index (χ0n) is 18.9. The Morgan fingerprint density at radius 2 is 1.81 bits per heavy atom. The third-order valence-electron chi connectivity index (χ3n) is 7.12. The van der Waals surface area contributed by atoms with Gasteiger partial charge in [0, 0.05) is 38.4 Å². The maximum Gasteiger partial charge on any atom is 0.249 e. The second-order valence-electron chi connectivity index (χ2n) is 9.22. The molecule has 182 valence electrons. The van der Waals surface area contributed by atoms with Gasteiger partial charge < -0.3 is 55.2 Å². The molecule has 11 heteroatoms. The second kappa shape index (κ2) is 8.91. The number of hydrogen-bond acceptors (Lipinski definition) is 10. The summed E-state index contributed by atoms with van der Waals surface area (Å²) in [7, 11) is 5.22. The van der Waals surface area contributed by atoms with E-state index in [0.717, 1.165) is 5.69 Å². The molecule has 3 fully saturated rings. The zero-order valence-corrected chi connectivity index (χ0v) is 18.9. The summed E-state index contributed by atoms with van der Waals surface area (Å²) in [5.41, 5.74) is -0.718. The van der Waals surface area contributed by atoms with Gasteiger partial charge >= 0.3 is 0 Å². The monoisotopic (exact) mass is 456 g/mol. The van der Waals surface area contributed by atoms with E-state index in [1.807, 2.05) is 29.9 Å². The first-order valence-electron chi connectivity index (χ1n) is 11.1. The molecule has 2 saturated heterocycles. The van der Waals surface area contributed by atoms with Crippen molar-refractivity contribution in [3.05, 3.63) is 24.0 Å². The van der Waals surface area contributed by atoms with Crippen LogP contribution in [-0.4, -0.2) is 106 Å². The minimum atomic E-state index is -2.21. The molecule has 0 spiro atoms. The van der Waals surface area contributed by atoms with Gasteiger partial charge in [0.05, 0.1) is 24.3 Å². The summed E-state index contributed by atoms with van der Waals surface area (Å²) in [6.45, 7) is 2.29. The summed E-state index contributed by atoms with van der Waals surface area (Å²) in [5, 5.41) is 53.9. The molecule has 2 aliphatic heterocycles. The highest BCUT2D eigenvalue weighted by molar-refractivity contribution is 5.13. The number of ether oxygens (including phenoxy) is 3. The smallest absolute Gasteiger partial charge is 0.249 e. The Labute approximate surface area is 187 Å². The molecule has 1 aromatic rings. The highest BCUT2D eigenvalue weighted by Crippen LogP contribution is 2.46. The first-order valence-corrected chi connectivity index (χ1v) is 11.1. The van der Waals surface area contributed by atoms with E-state index in [4.69, 9.17) is 14.2 Å². The minimum Gasteiger partial charge on any atom is -0.390 e. The number of aromatic nitrogens is 1. The number of hydrogen-bond donors (Lipinski definition) is 7. The Hall–Kier alpha value is -1.12. The molecule has 0 aromatic carbocycles. The van der Waals surface area contributed by atoms with Crippen LogP contribution in [0.25, 0.3) is 0 Å². The van der Waals surface area contributed by atoms with Gasteiger partial charge in [-0.15, -0.1) is 0 Å². The summed E-state index contributed by atoms with van der Waals surface area (Å²) >= 11 is 0. The average molecular weight is 457 g/mol. The van der Waals surface area contributed by atoms with Crippen molar-refractivity contribution >= 4 is 0 Å². The van der Waals surface area contributed by atoms with Crippen molar-refractivity contribution in [2.75, 3.05) is 20.6 Å². The number of fused-ring (bicyclic) bond motifs is 2. The third-order valence-corrected chi connectivity index (χ3v) is 7.12. The van der Waals surface area contributed by atoms with Crippen LogP contribution < -0.4 is 16.0 Å². The number of nitrogens with one attached hydrogen (secondary N) is 3. The van der Waals surface area contributed by atoms with Gasteiger partial charge in [-0.25, -0.2) is 0 Å². The summed E-state index contributed by atoms with van der Waals surface area (Å²) in [4.78, 5) is 0. The van der Waals surface area contributed by atoms with E-state index in [0.29, 0.717) is 6.54 Å². The predicted molar refractivity (Wildman–Crippen MR) is 113 cm³/mol. The molecule has 11 nitrogen and oxygen atoms in total. The fourth-order valence-corrected chi connectivity index (χ4v) is 5.31. The zero-order chi connectivity index (χ0) is 23.3. The van der Waals surface area contributed by atoms with Crippen molar-refractivity contribution in [1.29, 1.82) is 0 Å². The molecule has 3 aliphatic rings. The van der Waals surface area contributed by atoms with Crippen molar-refractivity contribution in [2.24, 2.45) is 7.05 Å². The maximum atomic E-state index is 11.6. The minimum absolute atomic E-state index is 0.0219. The van der Waals surface area contributed by atoms with E-state index in [2.05, 4.69) is 16.0 Å².